The van der Waals surface area contributed by atoms with Crippen molar-refractivity contribution < 1.29 is 9.13 Å². The topological polar surface area (TPSA) is 21.3 Å². The van der Waals surface area contributed by atoms with E-state index in [9.17, 15) is 4.39 Å². The van der Waals surface area contributed by atoms with Gasteiger partial charge in [-0.2, -0.15) is 0 Å². The van der Waals surface area contributed by atoms with E-state index < -0.39 is 0 Å². The Hall–Kier alpha value is -0.930. The van der Waals surface area contributed by atoms with Crippen LogP contribution in [0.1, 0.15) is 24.3 Å². The highest BCUT2D eigenvalue weighted by atomic mass is 19.1. The van der Waals surface area contributed by atoms with Crippen molar-refractivity contribution in [2.45, 2.75) is 24.8 Å². The lowest BCUT2D eigenvalue weighted by atomic mass is 9.87. The molecular formula is C13H18FNO. The van der Waals surface area contributed by atoms with Crippen LogP contribution in [-0.4, -0.2) is 26.3 Å². The van der Waals surface area contributed by atoms with Gasteiger partial charge in [-0.15, -0.1) is 0 Å². The van der Waals surface area contributed by atoms with Crippen molar-refractivity contribution in [3.8, 4) is 0 Å². The average molecular weight is 223 g/mol. The Morgan fingerprint density at radius 1 is 1.38 bits per heavy atom. The van der Waals surface area contributed by atoms with Gasteiger partial charge in [0.25, 0.3) is 0 Å². The van der Waals surface area contributed by atoms with Crippen molar-refractivity contribution in [1.29, 1.82) is 0 Å². The van der Waals surface area contributed by atoms with Crippen LogP contribution in [0.3, 0.4) is 0 Å². The molecule has 0 bridgehead atoms. The van der Waals surface area contributed by atoms with Crippen LogP contribution < -0.4 is 5.32 Å². The summed E-state index contributed by atoms with van der Waals surface area (Å²) < 4.78 is 18.0. The van der Waals surface area contributed by atoms with Crippen molar-refractivity contribution in [3.05, 3.63) is 35.6 Å². The number of benzene rings is 1. The minimum absolute atomic E-state index is 0.161. The third-order valence-corrected chi connectivity index (χ3v) is 3.20. The fourth-order valence-electron chi connectivity index (χ4n) is 2.37. The molecule has 1 saturated heterocycles. The molecule has 1 fully saturated rings. The number of hydrogen-bond donors (Lipinski definition) is 1. The summed E-state index contributed by atoms with van der Waals surface area (Å²) in [5.41, 5.74) is 1.24. The summed E-state index contributed by atoms with van der Waals surface area (Å²) in [4.78, 5) is 0. The molecule has 1 aliphatic heterocycles. The van der Waals surface area contributed by atoms with Crippen molar-refractivity contribution >= 4 is 0 Å². The number of rotatable bonds is 3. The van der Waals surface area contributed by atoms with Crippen LogP contribution in [0.5, 0.6) is 0 Å². The first-order valence-corrected chi connectivity index (χ1v) is 5.77. The van der Waals surface area contributed by atoms with E-state index >= 15 is 0 Å². The molecular weight excluding hydrogens is 205 g/mol. The van der Waals surface area contributed by atoms with Gasteiger partial charge in [0.15, 0.2) is 0 Å². The molecule has 2 rings (SSSR count). The second-order valence-electron chi connectivity index (χ2n) is 4.38. The molecule has 1 aliphatic rings. The maximum absolute atomic E-state index is 12.8. The SMILES string of the molecule is COCC1CC(c2ccc(F)cc2)CCN1. The van der Waals surface area contributed by atoms with Gasteiger partial charge in [-0.3, -0.25) is 0 Å². The quantitative estimate of drug-likeness (QED) is 0.849. The second-order valence-corrected chi connectivity index (χ2v) is 4.38. The zero-order valence-corrected chi connectivity index (χ0v) is 9.58. The molecule has 1 heterocycles. The van der Waals surface area contributed by atoms with Crippen LogP contribution in [0, 0.1) is 5.82 Å². The first-order chi connectivity index (χ1) is 7.79. The maximum Gasteiger partial charge on any atom is 0.123 e. The second kappa shape index (κ2) is 5.41. The van der Waals surface area contributed by atoms with E-state index in [1.807, 2.05) is 12.1 Å². The fraction of sp³-hybridized carbons (Fsp3) is 0.538. The summed E-state index contributed by atoms with van der Waals surface area (Å²) in [5, 5.41) is 3.43. The van der Waals surface area contributed by atoms with Crippen molar-refractivity contribution in [2.24, 2.45) is 0 Å². The Labute approximate surface area is 95.8 Å². The van der Waals surface area contributed by atoms with E-state index in [2.05, 4.69) is 5.32 Å². The lowest BCUT2D eigenvalue weighted by Crippen LogP contribution is -2.40. The monoisotopic (exact) mass is 223 g/mol. The van der Waals surface area contributed by atoms with E-state index in [0.717, 1.165) is 26.0 Å². The molecule has 0 radical (unpaired) electrons. The minimum Gasteiger partial charge on any atom is -0.383 e. The molecule has 0 aromatic heterocycles. The van der Waals surface area contributed by atoms with E-state index in [1.54, 1.807) is 19.2 Å². The molecule has 2 atom stereocenters. The lowest BCUT2D eigenvalue weighted by Gasteiger charge is -2.30. The van der Waals surface area contributed by atoms with Crippen LogP contribution in [0.25, 0.3) is 0 Å². The maximum atomic E-state index is 12.8. The summed E-state index contributed by atoms with van der Waals surface area (Å²) in [6.45, 7) is 1.76. The van der Waals surface area contributed by atoms with E-state index in [4.69, 9.17) is 4.74 Å². The minimum atomic E-state index is -0.161. The Kier molecular flexibility index (Phi) is 3.91. The van der Waals surface area contributed by atoms with Gasteiger partial charge in [0.1, 0.15) is 5.82 Å². The highest BCUT2D eigenvalue weighted by molar-refractivity contribution is 5.21. The number of methoxy groups -OCH3 is 1. The summed E-state index contributed by atoms with van der Waals surface area (Å²) in [7, 11) is 1.73. The van der Waals surface area contributed by atoms with Crippen molar-refractivity contribution in [2.75, 3.05) is 20.3 Å². The standard InChI is InChI=1S/C13H18FNO/c1-16-9-13-8-11(6-7-15-13)10-2-4-12(14)5-3-10/h2-5,11,13,15H,6-9H2,1H3. The van der Waals surface area contributed by atoms with Gasteiger partial charge in [-0.1, -0.05) is 12.1 Å². The number of piperidine rings is 1. The predicted octanol–water partition coefficient (Wildman–Crippen LogP) is 2.31. The molecule has 0 amide bonds. The van der Waals surface area contributed by atoms with E-state index in [0.29, 0.717) is 12.0 Å². The molecule has 1 aromatic rings. The molecule has 0 saturated carbocycles. The molecule has 0 spiro atoms. The Morgan fingerprint density at radius 3 is 2.81 bits per heavy atom. The highest BCUT2D eigenvalue weighted by Crippen LogP contribution is 2.27. The summed E-state index contributed by atoms with van der Waals surface area (Å²) in [5.74, 6) is 0.369. The first-order valence-electron chi connectivity index (χ1n) is 5.77. The van der Waals surface area contributed by atoms with Crippen LogP contribution in [0.2, 0.25) is 0 Å². The van der Waals surface area contributed by atoms with Gasteiger partial charge in [-0.25, -0.2) is 4.39 Å². The van der Waals surface area contributed by atoms with Gasteiger partial charge in [-0.05, 0) is 43.0 Å². The fourth-order valence-corrected chi connectivity index (χ4v) is 2.37. The van der Waals surface area contributed by atoms with E-state index in [1.165, 1.54) is 5.56 Å². The Bertz CT molecular complexity index is 323. The number of nitrogens with one attached hydrogen (secondary N) is 1. The average Bonchev–Trinajstić information content (AvgIpc) is 2.31. The van der Waals surface area contributed by atoms with Crippen LogP contribution >= 0.6 is 0 Å². The highest BCUT2D eigenvalue weighted by Gasteiger charge is 2.22. The van der Waals surface area contributed by atoms with Crippen LogP contribution in [-0.2, 0) is 4.74 Å². The molecule has 2 unspecified atom stereocenters. The zero-order valence-electron chi connectivity index (χ0n) is 9.58. The third kappa shape index (κ3) is 2.80. The molecule has 1 aromatic carbocycles. The first kappa shape index (κ1) is 11.6. The van der Waals surface area contributed by atoms with Gasteiger partial charge in [0, 0.05) is 13.2 Å². The normalized spacial score (nSPS) is 25.6. The molecule has 88 valence electrons. The molecule has 0 aliphatic carbocycles. The predicted molar refractivity (Wildman–Crippen MR) is 62.0 cm³/mol. The summed E-state index contributed by atoms with van der Waals surface area (Å²) in [6.07, 6.45) is 2.19. The largest absolute Gasteiger partial charge is 0.383 e. The summed E-state index contributed by atoms with van der Waals surface area (Å²) >= 11 is 0. The molecule has 3 heteroatoms. The molecule has 16 heavy (non-hydrogen) atoms. The van der Waals surface area contributed by atoms with Gasteiger partial charge in [0.05, 0.1) is 6.61 Å². The lowest BCUT2D eigenvalue weighted by molar-refractivity contribution is 0.149. The van der Waals surface area contributed by atoms with Gasteiger partial charge < -0.3 is 10.1 Å². The van der Waals surface area contributed by atoms with Gasteiger partial charge in [0.2, 0.25) is 0 Å². The third-order valence-electron chi connectivity index (χ3n) is 3.20. The zero-order chi connectivity index (χ0) is 11.4. The van der Waals surface area contributed by atoms with Gasteiger partial charge >= 0.3 is 0 Å². The number of ether oxygens (including phenoxy) is 1. The summed E-state index contributed by atoms with van der Waals surface area (Å²) in [6, 6.07) is 7.31. The Balaban J connectivity index is 2.01. The number of hydrogen-bond acceptors (Lipinski definition) is 2. The molecule has 1 N–H and O–H groups in total. The smallest absolute Gasteiger partial charge is 0.123 e. The Morgan fingerprint density at radius 2 is 2.12 bits per heavy atom. The van der Waals surface area contributed by atoms with E-state index in [-0.39, 0.29) is 5.82 Å². The number of halogens is 1. The van der Waals surface area contributed by atoms with Crippen LogP contribution in [0.15, 0.2) is 24.3 Å². The van der Waals surface area contributed by atoms with Crippen molar-refractivity contribution in [1.82, 2.24) is 5.32 Å². The van der Waals surface area contributed by atoms with Crippen LogP contribution in [0.4, 0.5) is 4.39 Å². The van der Waals surface area contributed by atoms with Crippen molar-refractivity contribution in [3.63, 3.8) is 0 Å². The molecule has 2 nitrogen and oxygen atoms in total.